The van der Waals surface area contributed by atoms with Gasteiger partial charge < -0.3 is 15.5 Å². The number of likely N-dealkylation sites (N-methyl/N-ethyl adjacent to an activating group) is 1. The lowest BCUT2D eigenvalue weighted by Gasteiger charge is -2.23. The van der Waals surface area contributed by atoms with Crippen molar-refractivity contribution in [3.05, 3.63) is 34.4 Å². The fraction of sp³-hybridized carbons (Fsp3) is 0.467. The zero-order valence-electron chi connectivity index (χ0n) is 13.8. The summed E-state index contributed by atoms with van der Waals surface area (Å²) in [4.78, 5) is 35.2. The van der Waals surface area contributed by atoms with Crippen LogP contribution in [-0.4, -0.2) is 47.3 Å². The number of nitro benzene ring substituents is 1. The molecule has 0 aliphatic rings. The van der Waals surface area contributed by atoms with Crippen molar-refractivity contribution in [1.29, 1.82) is 0 Å². The highest BCUT2D eigenvalue weighted by Crippen LogP contribution is 2.16. The average Bonchev–Trinajstić information content (AvgIpc) is 2.42. The van der Waals surface area contributed by atoms with Crippen LogP contribution in [0.4, 0.5) is 11.4 Å². The van der Waals surface area contributed by atoms with E-state index in [1.807, 2.05) is 20.8 Å². The van der Waals surface area contributed by atoms with E-state index in [4.69, 9.17) is 0 Å². The molecule has 0 aromatic heterocycles. The van der Waals surface area contributed by atoms with Gasteiger partial charge in [-0.3, -0.25) is 19.7 Å². The van der Waals surface area contributed by atoms with Crippen LogP contribution in [0.1, 0.15) is 20.8 Å². The van der Waals surface area contributed by atoms with E-state index in [1.54, 1.807) is 6.07 Å². The molecule has 8 nitrogen and oxygen atoms in total. The summed E-state index contributed by atoms with van der Waals surface area (Å²) in [6.07, 6.45) is 0. The maximum absolute atomic E-state index is 12.0. The van der Waals surface area contributed by atoms with Crippen LogP contribution in [0.2, 0.25) is 0 Å². The molecule has 0 aliphatic carbocycles. The maximum Gasteiger partial charge on any atom is 0.271 e. The molecule has 0 bridgehead atoms. The second-order valence-electron chi connectivity index (χ2n) is 6.21. The lowest BCUT2D eigenvalue weighted by molar-refractivity contribution is -0.384. The molecular formula is C15H22N4O4. The van der Waals surface area contributed by atoms with Gasteiger partial charge in [0.2, 0.25) is 11.8 Å². The highest BCUT2D eigenvalue weighted by Gasteiger charge is 2.17. The maximum atomic E-state index is 12.0. The number of nitrogens with zero attached hydrogens (tertiary/aromatic N) is 2. The van der Waals surface area contributed by atoms with E-state index in [9.17, 15) is 19.7 Å². The third-order valence-corrected chi connectivity index (χ3v) is 2.82. The van der Waals surface area contributed by atoms with Crippen molar-refractivity contribution >= 4 is 23.2 Å². The number of non-ortho nitro benzene ring substituents is 1. The minimum Gasteiger partial charge on any atom is -0.376 e. The van der Waals surface area contributed by atoms with Crippen molar-refractivity contribution in [1.82, 2.24) is 10.2 Å². The predicted octanol–water partition coefficient (Wildman–Crippen LogP) is 1.38. The van der Waals surface area contributed by atoms with Crippen LogP contribution in [0.15, 0.2) is 24.3 Å². The minimum absolute atomic E-state index is 0.0489. The Morgan fingerprint density at radius 3 is 2.52 bits per heavy atom. The summed E-state index contributed by atoms with van der Waals surface area (Å²) < 4.78 is 0. The Bertz CT molecular complexity index is 595. The first kappa shape index (κ1) is 18.4. The van der Waals surface area contributed by atoms with Crippen LogP contribution >= 0.6 is 0 Å². The van der Waals surface area contributed by atoms with E-state index < -0.39 is 4.92 Å². The zero-order chi connectivity index (χ0) is 17.6. The van der Waals surface area contributed by atoms with Gasteiger partial charge in [0, 0.05) is 30.4 Å². The molecule has 0 heterocycles. The van der Waals surface area contributed by atoms with Crippen molar-refractivity contribution in [2.24, 2.45) is 0 Å². The number of amides is 2. The molecule has 1 aromatic rings. The van der Waals surface area contributed by atoms with E-state index in [0.717, 1.165) is 0 Å². The normalized spacial score (nSPS) is 10.8. The summed E-state index contributed by atoms with van der Waals surface area (Å²) in [6, 6.07) is 5.88. The van der Waals surface area contributed by atoms with Crippen LogP contribution in [0.3, 0.4) is 0 Å². The van der Waals surface area contributed by atoms with E-state index >= 15 is 0 Å². The monoisotopic (exact) mass is 322 g/mol. The minimum atomic E-state index is -0.504. The van der Waals surface area contributed by atoms with Crippen molar-refractivity contribution in [2.45, 2.75) is 26.3 Å². The summed E-state index contributed by atoms with van der Waals surface area (Å²) in [5, 5.41) is 16.3. The number of nitro groups is 1. The largest absolute Gasteiger partial charge is 0.376 e. The molecule has 0 fully saturated rings. The summed E-state index contributed by atoms with van der Waals surface area (Å²) in [5.74, 6) is -0.538. The van der Waals surface area contributed by atoms with Gasteiger partial charge in [0.15, 0.2) is 0 Å². The summed E-state index contributed by atoms with van der Waals surface area (Å²) in [7, 11) is 1.53. The number of carbonyl (C=O) groups excluding carboxylic acids is 2. The first-order valence-electron chi connectivity index (χ1n) is 7.12. The van der Waals surface area contributed by atoms with Gasteiger partial charge in [0.05, 0.1) is 18.0 Å². The number of benzene rings is 1. The third kappa shape index (κ3) is 6.77. The molecule has 2 N–H and O–H groups in total. The van der Waals surface area contributed by atoms with Crippen molar-refractivity contribution in [3.63, 3.8) is 0 Å². The molecule has 0 unspecified atom stereocenters. The van der Waals surface area contributed by atoms with Gasteiger partial charge in [0.25, 0.3) is 5.69 Å². The SMILES string of the molecule is CN(CC(=O)NC(C)(C)C)C(=O)CNc1cccc([N+](=O)[O-])c1. The quantitative estimate of drug-likeness (QED) is 0.608. The molecule has 8 heteroatoms. The predicted molar refractivity (Wildman–Crippen MR) is 87.1 cm³/mol. The van der Waals surface area contributed by atoms with Gasteiger partial charge in [-0.15, -0.1) is 0 Å². The smallest absolute Gasteiger partial charge is 0.271 e. The van der Waals surface area contributed by atoms with Crippen molar-refractivity contribution in [3.8, 4) is 0 Å². The van der Waals surface area contributed by atoms with Gasteiger partial charge in [-0.1, -0.05) is 6.07 Å². The second-order valence-corrected chi connectivity index (χ2v) is 6.21. The van der Waals surface area contributed by atoms with Crippen LogP contribution in [0.25, 0.3) is 0 Å². The Morgan fingerprint density at radius 1 is 1.30 bits per heavy atom. The zero-order valence-corrected chi connectivity index (χ0v) is 13.8. The Morgan fingerprint density at radius 2 is 1.96 bits per heavy atom. The molecular weight excluding hydrogens is 300 g/mol. The third-order valence-electron chi connectivity index (χ3n) is 2.82. The molecule has 2 amide bonds. The highest BCUT2D eigenvalue weighted by atomic mass is 16.6. The van der Waals surface area contributed by atoms with Crippen molar-refractivity contribution in [2.75, 3.05) is 25.5 Å². The molecule has 1 aromatic carbocycles. The molecule has 0 saturated carbocycles. The van der Waals surface area contributed by atoms with Crippen LogP contribution in [0, 0.1) is 10.1 Å². The molecule has 0 atom stereocenters. The standard InChI is InChI=1S/C15H22N4O4/c1-15(2,3)17-13(20)10-18(4)14(21)9-16-11-6-5-7-12(8-11)19(22)23/h5-8,16H,9-10H2,1-4H3,(H,17,20). The van der Waals surface area contributed by atoms with Gasteiger partial charge >= 0.3 is 0 Å². The lowest BCUT2D eigenvalue weighted by atomic mass is 10.1. The van der Waals surface area contributed by atoms with E-state index in [0.29, 0.717) is 5.69 Å². The Kier molecular flexibility index (Phi) is 6.06. The fourth-order valence-electron chi connectivity index (χ4n) is 1.80. The molecule has 0 spiro atoms. The van der Waals surface area contributed by atoms with Gasteiger partial charge in [0.1, 0.15) is 0 Å². The second kappa shape index (κ2) is 7.57. The summed E-state index contributed by atoms with van der Waals surface area (Å²) in [6.45, 7) is 5.47. The summed E-state index contributed by atoms with van der Waals surface area (Å²) in [5.41, 5.74) is 0.0582. The number of rotatable bonds is 6. The number of nitrogens with one attached hydrogen (secondary N) is 2. The Labute approximate surface area is 135 Å². The number of hydrogen-bond donors (Lipinski definition) is 2. The number of carbonyl (C=O) groups is 2. The van der Waals surface area contributed by atoms with Crippen LogP contribution in [-0.2, 0) is 9.59 Å². The van der Waals surface area contributed by atoms with Gasteiger partial charge in [-0.2, -0.15) is 0 Å². The van der Waals surface area contributed by atoms with E-state index in [1.165, 1.54) is 30.1 Å². The van der Waals surface area contributed by atoms with Crippen LogP contribution < -0.4 is 10.6 Å². The molecule has 0 radical (unpaired) electrons. The van der Waals surface area contributed by atoms with Gasteiger partial charge in [-0.05, 0) is 26.8 Å². The lowest BCUT2D eigenvalue weighted by Crippen LogP contribution is -2.47. The number of hydrogen-bond acceptors (Lipinski definition) is 5. The van der Waals surface area contributed by atoms with Gasteiger partial charge in [-0.25, -0.2) is 0 Å². The molecule has 0 saturated heterocycles. The molecule has 23 heavy (non-hydrogen) atoms. The van der Waals surface area contributed by atoms with E-state index in [2.05, 4.69) is 10.6 Å². The first-order valence-corrected chi connectivity index (χ1v) is 7.12. The topological polar surface area (TPSA) is 105 Å². The Balaban J connectivity index is 2.51. The summed E-state index contributed by atoms with van der Waals surface area (Å²) >= 11 is 0. The molecule has 0 aliphatic heterocycles. The Hall–Kier alpha value is -2.64. The number of anilines is 1. The first-order chi connectivity index (χ1) is 10.6. The van der Waals surface area contributed by atoms with Crippen LogP contribution in [0.5, 0.6) is 0 Å². The fourth-order valence-corrected chi connectivity index (χ4v) is 1.80. The molecule has 1 rings (SSSR count). The highest BCUT2D eigenvalue weighted by molar-refractivity contribution is 5.87. The van der Waals surface area contributed by atoms with Crippen molar-refractivity contribution < 1.29 is 14.5 Å². The molecule has 126 valence electrons. The average molecular weight is 322 g/mol. The van der Waals surface area contributed by atoms with E-state index in [-0.39, 0.29) is 36.1 Å².